The molecule has 1 fully saturated rings. The number of guanidine groups is 1. The molecule has 1 heterocycles. The predicted octanol–water partition coefficient (Wildman–Crippen LogP) is 1.10. The van der Waals surface area contributed by atoms with Crippen LogP contribution >= 0.6 is 0 Å². The van der Waals surface area contributed by atoms with Crippen LogP contribution in [0.15, 0.2) is 27.8 Å². The van der Waals surface area contributed by atoms with E-state index in [2.05, 4.69) is 29.5 Å². The molecule has 5 nitrogen and oxygen atoms in total. The second-order valence-electron chi connectivity index (χ2n) is 5.27. The van der Waals surface area contributed by atoms with Crippen molar-refractivity contribution in [3.05, 3.63) is 24.2 Å². The lowest BCUT2D eigenvalue weighted by molar-refractivity contribution is -0.0662. The SMILES string of the molecule is CN=C(NCc1ccco1)NC1CC(O)C1(C)C. The van der Waals surface area contributed by atoms with E-state index in [1.165, 1.54) is 0 Å². The lowest BCUT2D eigenvalue weighted by Crippen LogP contribution is -2.62. The number of nitrogens with zero attached hydrogens (tertiary/aromatic N) is 1. The van der Waals surface area contributed by atoms with Gasteiger partial charge in [0.2, 0.25) is 0 Å². The quantitative estimate of drug-likeness (QED) is 0.556. The first-order chi connectivity index (χ1) is 8.54. The van der Waals surface area contributed by atoms with E-state index >= 15 is 0 Å². The molecular formula is C13H21N3O2. The molecule has 1 aromatic rings. The number of aliphatic imine (C=N–C) groups is 1. The van der Waals surface area contributed by atoms with Crippen molar-refractivity contribution in [1.82, 2.24) is 10.6 Å². The van der Waals surface area contributed by atoms with Crippen LogP contribution in [0.25, 0.3) is 0 Å². The van der Waals surface area contributed by atoms with Gasteiger partial charge in [0, 0.05) is 18.5 Å². The van der Waals surface area contributed by atoms with Crippen LogP contribution < -0.4 is 10.6 Å². The Balaban J connectivity index is 1.84. The summed E-state index contributed by atoms with van der Waals surface area (Å²) in [5.41, 5.74) is -0.109. The molecule has 18 heavy (non-hydrogen) atoms. The average Bonchev–Trinajstić information content (AvgIpc) is 2.86. The van der Waals surface area contributed by atoms with E-state index in [-0.39, 0.29) is 17.6 Å². The fourth-order valence-corrected chi connectivity index (χ4v) is 2.09. The molecule has 2 unspecified atom stereocenters. The molecule has 2 rings (SSSR count). The number of aliphatic hydroxyl groups excluding tert-OH is 1. The van der Waals surface area contributed by atoms with Gasteiger partial charge in [-0.3, -0.25) is 4.99 Å². The molecule has 0 amide bonds. The molecule has 0 spiro atoms. The predicted molar refractivity (Wildman–Crippen MR) is 70.2 cm³/mol. The molecule has 0 aromatic carbocycles. The first-order valence-corrected chi connectivity index (χ1v) is 6.21. The Hall–Kier alpha value is -1.49. The van der Waals surface area contributed by atoms with Crippen LogP contribution in [0.4, 0.5) is 0 Å². The topological polar surface area (TPSA) is 69.8 Å². The summed E-state index contributed by atoms with van der Waals surface area (Å²) >= 11 is 0. The lowest BCUT2D eigenvalue weighted by Gasteiger charge is -2.49. The molecule has 1 aromatic heterocycles. The van der Waals surface area contributed by atoms with Gasteiger partial charge in [-0.05, 0) is 18.6 Å². The molecule has 1 aliphatic carbocycles. The van der Waals surface area contributed by atoms with Gasteiger partial charge in [0.15, 0.2) is 5.96 Å². The monoisotopic (exact) mass is 251 g/mol. The standard InChI is InChI=1S/C13H21N3O2/c1-13(2)10(7-11(13)17)16-12(14-3)15-8-9-5-4-6-18-9/h4-6,10-11,17H,7-8H2,1-3H3,(H2,14,15,16). The Morgan fingerprint density at radius 2 is 2.39 bits per heavy atom. The van der Waals surface area contributed by atoms with Crippen LogP contribution in [0.2, 0.25) is 0 Å². The van der Waals surface area contributed by atoms with Crippen molar-refractivity contribution in [2.24, 2.45) is 10.4 Å². The molecule has 1 saturated carbocycles. The molecule has 5 heteroatoms. The highest BCUT2D eigenvalue weighted by molar-refractivity contribution is 5.80. The van der Waals surface area contributed by atoms with Gasteiger partial charge in [0.05, 0.1) is 18.9 Å². The molecular weight excluding hydrogens is 230 g/mol. The van der Waals surface area contributed by atoms with Gasteiger partial charge in [-0.25, -0.2) is 0 Å². The van der Waals surface area contributed by atoms with Crippen molar-refractivity contribution in [3.63, 3.8) is 0 Å². The third-order valence-corrected chi connectivity index (χ3v) is 3.76. The molecule has 2 atom stereocenters. The van der Waals surface area contributed by atoms with Gasteiger partial charge in [-0.15, -0.1) is 0 Å². The highest BCUT2D eigenvalue weighted by Crippen LogP contribution is 2.40. The van der Waals surface area contributed by atoms with Gasteiger partial charge >= 0.3 is 0 Å². The van der Waals surface area contributed by atoms with Gasteiger partial charge in [-0.1, -0.05) is 13.8 Å². The van der Waals surface area contributed by atoms with Crippen LogP contribution in [0, 0.1) is 5.41 Å². The second kappa shape index (κ2) is 5.02. The van der Waals surface area contributed by atoms with Gasteiger partial charge in [-0.2, -0.15) is 0 Å². The van der Waals surface area contributed by atoms with E-state index < -0.39 is 0 Å². The highest BCUT2D eigenvalue weighted by Gasteiger charge is 2.47. The zero-order valence-corrected chi connectivity index (χ0v) is 11.1. The minimum absolute atomic E-state index is 0.109. The van der Waals surface area contributed by atoms with Crippen LogP contribution in [0.5, 0.6) is 0 Å². The Labute approximate surface area is 107 Å². The maximum atomic E-state index is 9.70. The fraction of sp³-hybridized carbons (Fsp3) is 0.615. The van der Waals surface area contributed by atoms with Gasteiger partial charge in [0.1, 0.15) is 5.76 Å². The summed E-state index contributed by atoms with van der Waals surface area (Å²) < 4.78 is 5.25. The zero-order chi connectivity index (χ0) is 13.2. The van der Waals surface area contributed by atoms with E-state index in [1.54, 1.807) is 13.3 Å². The number of aliphatic hydroxyl groups is 1. The minimum Gasteiger partial charge on any atom is -0.467 e. The number of hydrogen-bond donors (Lipinski definition) is 3. The summed E-state index contributed by atoms with van der Waals surface area (Å²) in [5, 5.41) is 16.2. The summed E-state index contributed by atoms with van der Waals surface area (Å²) in [4.78, 5) is 4.17. The summed E-state index contributed by atoms with van der Waals surface area (Å²) in [5.74, 6) is 1.60. The maximum Gasteiger partial charge on any atom is 0.191 e. The van der Waals surface area contributed by atoms with Gasteiger partial charge < -0.3 is 20.2 Å². The van der Waals surface area contributed by atoms with E-state index in [0.29, 0.717) is 6.54 Å². The van der Waals surface area contributed by atoms with Gasteiger partial charge in [0.25, 0.3) is 0 Å². The first kappa shape index (κ1) is 13.0. The van der Waals surface area contributed by atoms with E-state index in [4.69, 9.17) is 4.42 Å². The fourth-order valence-electron chi connectivity index (χ4n) is 2.09. The number of hydrogen-bond acceptors (Lipinski definition) is 3. The lowest BCUT2D eigenvalue weighted by atomic mass is 9.64. The smallest absolute Gasteiger partial charge is 0.191 e. The number of nitrogens with one attached hydrogen (secondary N) is 2. The number of furan rings is 1. The molecule has 0 radical (unpaired) electrons. The van der Waals surface area contributed by atoms with Crippen LogP contribution in [0.3, 0.4) is 0 Å². The Morgan fingerprint density at radius 1 is 1.61 bits per heavy atom. The zero-order valence-electron chi connectivity index (χ0n) is 11.1. The normalized spacial score (nSPS) is 26.6. The summed E-state index contributed by atoms with van der Waals surface area (Å²) in [7, 11) is 1.74. The molecule has 100 valence electrons. The van der Waals surface area contributed by atoms with E-state index in [0.717, 1.165) is 18.1 Å². The van der Waals surface area contributed by atoms with Crippen molar-refractivity contribution in [3.8, 4) is 0 Å². The highest BCUT2D eigenvalue weighted by atomic mass is 16.3. The maximum absolute atomic E-state index is 9.70. The van der Waals surface area contributed by atoms with Crippen molar-refractivity contribution < 1.29 is 9.52 Å². The van der Waals surface area contributed by atoms with Crippen molar-refractivity contribution in [1.29, 1.82) is 0 Å². The number of rotatable bonds is 3. The molecule has 0 bridgehead atoms. The summed E-state index contributed by atoms with van der Waals surface area (Å²) in [6.07, 6.45) is 2.17. The Kier molecular flexibility index (Phi) is 3.61. The third kappa shape index (κ3) is 2.51. The van der Waals surface area contributed by atoms with Crippen LogP contribution in [0.1, 0.15) is 26.0 Å². The third-order valence-electron chi connectivity index (χ3n) is 3.76. The first-order valence-electron chi connectivity index (χ1n) is 6.21. The van der Waals surface area contributed by atoms with E-state index in [9.17, 15) is 5.11 Å². The minimum atomic E-state index is -0.238. The van der Waals surface area contributed by atoms with Crippen LogP contribution in [-0.2, 0) is 6.54 Å². The van der Waals surface area contributed by atoms with Crippen molar-refractivity contribution in [2.75, 3.05) is 7.05 Å². The van der Waals surface area contributed by atoms with Crippen molar-refractivity contribution >= 4 is 5.96 Å². The largest absolute Gasteiger partial charge is 0.467 e. The Bertz CT molecular complexity index is 412. The molecule has 0 aliphatic heterocycles. The Morgan fingerprint density at radius 3 is 2.89 bits per heavy atom. The molecule has 1 aliphatic rings. The summed E-state index contributed by atoms with van der Waals surface area (Å²) in [6.45, 7) is 4.71. The summed E-state index contributed by atoms with van der Waals surface area (Å²) in [6, 6.07) is 4.02. The van der Waals surface area contributed by atoms with E-state index in [1.807, 2.05) is 12.1 Å². The second-order valence-corrected chi connectivity index (χ2v) is 5.27. The molecule has 0 saturated heterocycles. The molecule has 3 N–H and O–H groups in total. The van der Waals surface area contributed by atoms with Crippen LogP contribution in [-0.4, -0.2) is 30.3 Å². The average molecular weight is 251 g/mol. The van der Waals surface area contributed by atoms with Crippen molar-refractivity contribution in [2.45, 2.75) is 39.0 Å².